The number of halogens is 3. The van der Waals surface area contributed by atoms with E-state index in [4.69, 9.17) is 0 Å². The van der Waals surface area contributed by atoms with E-state index in [0.717, 1.165) is 10.8 Å². The zero-order valence-corrected chi connectivity index (χ0v) is 20.9. The average Bonchev–Trinajstić information content (AvgIpc) is 3.20. The van der Waals surface area contributed by atoms with Crippen LogP contribution in [-0.2, 0) is 10.0 Å². The van der Waals surface area contributed by atoms with Crippen LogP contribution in [0.3, 0.4) is 0 Å². The summed E-state index contributed by atoms with van der Waals surface area (Å²) in [6.45, 7) is 4.80. The number of alkyl halides is 3. The second-order valence-corrected chi connectivity index (χ2v) is 11.0. The molecule has 1 saturated heterocycles. The lowest BCUT2D eigenvalue weighted by Crippen LogP contribution is -2.44. The first-order chi connectivity index (χ1) is 16.7. The Balaban J connectivity index is 1.82. The number of aryl methyl sites for hydroxylation is 2. The third kappa shape index (κ3) is 4.97. The standard InChI is InChI=1S/C23H26F3N5O4S/c1-12-5-6-17(29-36(4,34)35)16(9-12)22(33)30-8-7-15(23(24,25)26)10-19(30)18-11-20-27-14(3)13(2)21(32)31(20)28-18/h5-6,9,11,15,19,27,29H,7-8,10H2,1-4H3. The van der Waals surface area contributed by atoms with Gasteiger partial charge in [0.1, 0.15) is 5.65 Å². The number of amides is 1. The number of hydrogen-bond acceptors (Lipinski definition) is 5. The van der Waals surface area contributed by atoms with Gasteiger partial charge in [0.05, 0.1) is 35.2 Å². The number of benzene rings is 1. The van der Waals surface area contributed by atoms with Crippen LogP contribution in [0.2, 0.25) is 0 Å². The Morgan fingerprint density at radius 2 is 1.89 bits per heavy atom. The van der Waals surface area contributed by atoms with Gasteiger partial charge in [0.15, 0.2) is 0 Å². The fraction of sp³-hybridized carbons (Fsp3) is 0.435. The molecule has 3 aromatic rings. The van der Waals surface area contributed by atoms with Crippen molar-refractivity contribution in [3.63, 3.8) is 0 Å². The molecule has 9 nitrogen and oxygen atoms in total. The van der Waals surface area contributed by atoms with Crippen molar-refractivity contribution in [2.45, 2.75) is 45.8 Å². The van der Waals surface area contributed by atoms with Crippen LogP contribution in [0.1, 0.15) is 51.8 Å². The first-order valence-corrected chi connectivity index (χ1v) is 13.1. The maximum atomic E-state index is 13.7. The lowest BCUT2D eigenvalue weighted by Gasteiger charge is -2.39. The third-order valence-electron chi connectivity index (χ3n) is 6.49. The second-order valence-electron chi connectivity index (χ2n) is 9.25. The van der Waals surface area contributed by atoms with Crippen molar-refractivity contribution in [2.75, 3.05) is 17.5 Å². The van der Waals surface area contributed by atoms with Crippen LogP contribution in [0.15, 0.2) is 29.1 Å². The summed E-state index contributed by atoms with van der Waals surface area (Å²) in [6.07, 6.45) is -4.28. The quantitative estimate of drug-likeness (QED) is 0.541. The Hall–Kier alpha value is -3.35. The SMILES string of the molecule is Cc1ccc(NS(C)(=O)=O)c(C(=O)N2CCC(C(F)(F)F)CC2c2cc3[nH]c(C)c(C)c(=O)n3n2)c1. The molecule has 36 heavy (non-hydrogen) atoms. The summed E-state index contributed by atoms with van der Waals surface area (Å²) in [5, 5.41) is 4.28. The normalized spacial score (nSPS) is 19.0. The van der Waals surface area contributed by atoms with Gasteiger partial charge in [-0.05, 0) is 45.7 Å². The fourth-order valence-corrected chi connectivity index (χ4v) is 5.05. The number of nitrogens with zero attached hydrogens (tertiary/aromatic N) is 3. The molecule has 13 heteroatoms. The van der Waals surface area contributed by atoms with E-state index in [-0.39, 0.29) is 29.9 Å². The average molecular weight is 526 g/mol. The summed E-state index contributed by atoms with van der Waals surface area (Å²) < 4.78 is 68.2. The Morgan fingerprint density at radius 1 is 1.19 bits per heavy atom. The molecule has 2 unspecified atom stereocenters. The Morgan fingerprint density at radius 3 is 2.53 bits per heavy atom. The molecule has 2 atom stereocenters. The van der Waals surface area contributed by atoms with Crippen molar-refractivity contribution in [2.24, 2.45) is 5.92 Å². The van der Waals surface area contributed by atoms with E-state index in [2.05, 4.69) is 14.8 Å². The maximum absolute atomic E-state index is 13.7. The molecule has 0 aliphatic carbocycles. The summed E-state index contributed by atoms with van der Waals surface area (Å²) in [5.41, 5.74) is 1.76. The number of hydrogen-bond donors (Lipinski definition) is 2. The molecule has 0 saturated carbocycles. The molecular weight excluding hydrogens is 499 g/mol. The Bertz CT molecular complexity index is 1510. The van der Waals surface area contributed by atoms with Crippen LogP contribution < -0.4 is 10.3 Å². The molecule has 0 bridgehead atoms. The van der Waals surface area contributed by atoms with Crippen molar-refractivity contribution in [1.29, 1.82) is 0 Å². The minimum atomic E-state index is -4.47. The highest BCUT2D eigenvalue weighted by Crippen LogP contribution is 2.42. The lowest BCUT2D eigenvalue weighted by molar-refractivity contribution is -0.188. The number of rotatable bonds is 4. The van der Waals surface area contributed by atoms with Gasteiger partial charge in [-0.3, -0.25) is 14.3 Å². The van der Waals surface area contributed by atoms with E-state index < -0.39 is 46.0 Å². The first-order valence-electron chi connectivity index (χ1n) is 11.2. The van der Waals surface area contributed by atoms with Gasteiger partial charge < -0.3 is 9.88 Å². The molecule has 3 heterocycles. The molecule has 0 spiro atoms. The minimum Gasteiger partial charge on any atom is -0.343 e. The van der Waals surface area contributed by atoms with Crippen molar-refractivity contribution >= 4 is 27.3 Å². The van der Waals surface area contributed by atoms with E-state index in [1.165, 1.54) is 23.1 Å². The molecular formula is C23H26F3N5O4S. The Labute approximate surface area is 205 Å². The van der Waals surface area contributed by atoms with Crippen LogP contribution in [-0.4, -0.2) is 52.8 Å². The number of piperidine rings is 1. The number of fused-ring (bicyclic) bond motifs is 1. The highest BCUT2D eigenvalue weighted by molar-refractivity contribution is 7.92. The fourth-order valence-electron chi connectivity index (χ4n) is 4.48. The predicted octanol–water partition coefficient (Wildman–Crippen LogP) is 3.48. The van der Waals surface area contributed by atoms with Crippen molar-refractivity contribution in [3.8, 4) is 0 Å². The Kier molecular flexibility index (Phi) is 6.40. The number of nitrogens with one attached hydrogen (secondary N) is 2. The highest BCUT2D eigenvalue weighted by Gasteiger charge is 2.46. The van der Waals surface area contributed by atoms with Gasteiger partial charge in [0.25, 0.3) is 11.5 Å². The summed E-state index contributed by atoms with van der Waals surface area (Å²) in [6, 6.07) is 4.94. The summed E-state index contributed by atoms with van der Waals surface area (Å²) in [5.74, 6) is -2.30. The minimum absolute atomic E-state index is 0.0161. The molecule has 1 aliphatic rings. The van der Waals surface area contributed by atoms with Crippen LogP contribution in [0.5, 0.6) is 0 Å². The number of aromatic nitrogens is 3. The number of likely N-dealkylation sites (tertiary alicyclic amines) is 1. The van der Waals surface area contributed by atoms with Crippen LogP contribution in [0, 0.1) is 26.7 Å². The van der Waals surface area contributed by atoms with Crippen LogP contribution in [0.25, 0.3) is 5.65 Å². The third-order valence-corrected chi connectivity index (χ3v) is 7.08. The van der Waals surface area contributed by atoms with Gasteiger partial charge in [0.2, 0.25) is 10.0 Å². The van der Waals surface area contributed by atoms with Gasteiger partial charge in [0, 0.05) is 23.9 Å². The van der Waals surface area contributed by atoms with Crippen LogP contribution in [0.4, 0.5) is 18.9 Å². The number of carbonyl (C=O) groups excluding carboxylic acids is 1. The van der Waals surface area contributed by atoms with Gasteiger partial charge in [-0.1, -0.05) is 11.6 Å². The molecule has 4 rings (SSSR count). The maximum Gasteiger partial charge on any atom is 0.391 e. The van der Waals surface area contributed by atoms with E-state index in [1.807, 2.05) is 0 Å². The highest BCUT2D eigenvalue weighted by atomic mass is 32.2. The van der Waals surface area contributed by atoms with Crippen molar-refractivity contribution < 1.29 is 26.4 Å². The number of aromatic amines is 1. The van der Waals surface area contributed by atoms with Gasteiger partial charge in [-0.15, -0.1) is 0 Å². The number of anilines is 1. The molecule has 194 valence electrons. The summed E-state index contributed by atoms with van der Waals surface area (Å²) in [7, 11) is -3.72. The topological polar surface area (TPSA) is 117 Å². The predicted molar refractivity (Wildman–Crippen MR) is 127 cm³/mol. The smallest absolute Gasteiger partial charge is 0.343 e. The van der Waals surface area contributed by atoms with Crippen LogP contribution >= 0.6 is 0 Å². The van der Waals surface area contributed by atoms with Gasteiger partial charge in [-0.25, -0.2) is 8.42 Å². The molecule has 2 aromatic heterocycles. The molecule has 1 amide bonds. The first kappa shape index (κ1) is 25.7. The monoisotopic (exact) mass is 525 g/mol. The number of H-pyrrole nitrogens is 1. The second kappa shape index (κ2) is 8.95. The van der Waals surface area contributed by atoms with Crippen molar-refractivity contribution in [3.05, 3.63) is 62.7 Å². The molecule has 1 aromatic carbocycles. The molecule has 0 radical (unpaired) electrons. The van der Waals surface area contributed by atoms with E-state index >= 15 is 0 Å². The van der Waals surface area contributed by atoms with Crippen molar-refractivity contribution in [1.82, 2.24) is 19.5 Å². The van der Waals surface area contributed by atoms with Gasteiger partial charge in [-0.2, -0.15) is 22.8 Å². The summed E-state index contributed by atoms with van der Waals surface area (Å²) in [4.78, 5) is 30.7. The number of sulfonamides is 1. The zero-order chi connectivity index (χ0) is 26.6. The van der Waals surface area contributed by atoms with E-state index in [0.29, 0.717) is 22.5 Å². The largest absolute Gasteiger partial charge is 0.391 e. The summed E-state index contributed by atoms with van der Waals surface area (Å²) >= 11 is 0. The van der Waals surface area contributed by atoms with E-state index in [9.17, 15) is 31.2 Å². The molecule has 1 fully saturated rings. The zero-order valence-electron chi connectivity index (χ0n) is 20.1. The lowest BCUT2D eigenvalue weighted by atomic mass is 9.88. The van der Waals surface area contributed by atoms with E-state index in [1.54, 1.807) is 26.8 Å². The number of carbonyl (C=O) groups is 1. The van der Waals surface area contributed by atoms with Gasteiger partial charge >= 0.3 is 6.18 Å². The molecule has 2 N–H and O–H groups in total. The molecule has 1 aliphatic heterocycles.